The molecule has 510 valence electrons. The maximum absolute atomic E-state index is 12.3. The third-order valence-electron chi connectivity index (χ3n) is 12.5. The number of halogens is 15. The van der Waals surface area contributed by atoms with Gasteiger partial charge in [0.15, 0.2) is 0 Å². The van der Waals surface area contributed by atoms with Gasteiger partial charge in [0.1, 0.15) is 17.2 Å². The molecule has 0 aliphatic heterocycles. The van der Waals surface area contributed by atoms with Crippen molar-refractivity contribution in [1.29, 1.82) is 0 Å². The second-order valence-corrected chi connectivity index (χ2v) is 32.2. The van der Waals surface area contributed by atoms with Crippen LogP contribution in [0.2, 0.25) is 15.1 Å². The van der Waals surface area contributed by atoms with Gasteiger partial charge in [-0.3, -0.25) is 14.2 Å². The molecule has 94 heavy (non-hydrogen) atoms. The van der Waals surface area contributed by atoms with Crippen LogP contribution in [-0.4, -0.2) is 90.9 Å². The summed E-state index contributed by atoms with van der Waals surface area (Å²) < 4.78 is 220. The molecule has 0 bridgehead atoms. The number of nitrogens with one attached hydrogen (secondary N) is 3. The zero-order chi connectivity index (χ0) is 69.8. The smallest absolute Gasteiger partial charge is 0.423 e. The van der Waals surface area contributed by atoms with E-state index in [2.05, 4.69) is 60.2 Å². The van der Waals surface area contributed by atoms with Crippen LogP contribution >= 0.6 is 77.3 Å². The largest absolute Gasteiger partial charge is 0.573 e. The van der Waals surface area contributed by atoms with Gasteiger partial charge in [0.05, 0.1) is 41.8 Å². The molecule has 4 saturated carbocycles. The molecule has 0 aromatic heterocycles. The predicted octanol–water partition coefficient (Wildman–Crippen LogP) is 15.6. The van der Waals surface area contributed by atoms with Gasteiger partial charge >= 0.3 is 26.2 Å². The summed E-state index contributed by atoms with van der Waals surface area (Å²) in [6, 6.07) is 36.6. The SMILES string of the molecule is Nc1ccc(Br)c(Cl)c1.O=S(=O)(Cl)C1CC1.O=S(=O)(Nc1ccc(-c2cccc(OC(F)(F)F)c2)c(Cl)c1)C1CC1.O=S(=O)(Nc1ccc(-c2cccc(OC(F)(F)F)c2)cc1)C1CC1.O=S(=O)(Nc1ccc(Br)c(Cl)c1)C1CC1.OB(O)c1cccc(OC(F)(F)F)c1. The van der Waals surface area contributed by atoms with Crippen LogP contribution in [0.15, 0.2) is 161 Å². The highest BCUT2D eigenvalue weighted by molar-refractivity contribution is 9.10. The monoisotopic (exact) mass is 1610 g/mol. The zero-order valence-corrected chi connectivity index (χ0v) is 57.2. The van der Waals surface area contributed by atoms with E-state index in [4.69, 9.17) is 61.3 Å². The second kappa shape index (κ2) is 32.6. The van der Waals surface area contributed by atoms with E-state index in [0.29, 0.717) is 80.7 Å². The minimum absolute atomic E-state index is 0.0632. The highest BCUT2D eigenvalue weighted by Gasteiger charge is 2.39. The van der Waals surface area contributed by atoms with Gasteiger partial charge in [0.25, 0.3) is 0 Å². The molecular weight excluding hydrogens is 1560 g/mol. The van der Waals surface area contributed by atoms with Gasteiger partial charge in [-0.15, -0.1) is 39.5 Å². The quantitative estimate of drug-likeness (QED) is 0.0227. The van der Waals surface area contributed by atoms with Crippen LogP contribution in [0.3, 0.4) is 0 Å². The van der Waals surface area contributed by atoms with Crippen molar-refractivity contribution < 1.29 is 97.4 Å². The van der Waals surface area contributed by atoms with Gasteiger partial charge in [-0.25, -0.2) is 33.7 Å². The highest BCUT2D eigenvalue weighted by Crippen LogP contribution is 2.38. The number of hydrogen-bond donors (Lipinski definition) is 6. The van der Waals surface area contributed by atoms with E-state index in [1.165, 1.54) is 60.7 Å². The fourth-order valence-electron chi connectivity index (χ4n) is 7.45. The number of nitrogens with two attached hydrogens (primary N) is 1. The lowest BCUT2D eigenvalue weighted by Crippen LogP contribution is -2.30. The molecule has 4 fully saturated rings. The molecule has 37 heteroatoms. The Hall–Kier alpha value is -5.59. The van der Waals surface area contributed by atoms with E-state index >= 15 is 0 Å². The van der Waals surface area contributed by atoms with Crippen molar-refractivity contribution in [3.8, 4) is 39.5 Å². The summed E-state index contributed by atoms with van der Waals surface area (Å²) >= 11 is 24.2. The third-order valence-corrected chi connectivity index (χ3v) is 22.9. The molecule has 0 unspecified atom stereocenters. The molecule has 0 atom stereocenters. The molecule has 0 amide bonds. The first kappa shape index (κ1) is 77.4. The van der Waals surface area contributed by atoms with Crippen molar-refractivity contribution >= 4 is 152 Å². The van der Waals surface area contributed by atoms with Crippen LogP contribution in [0, 0.1) is 0 Å². The average Bonchev–Trinajstić information content (AvgIpc) is 1.59. The summed E-state index contributed by atoms with van der Waals surface area (Å²) in [5.74, 6) is -1.15. The number of anilines is 4. The van der Waals surface area contributed by atoms with E-state index in [0.717, 1.165) is 46.8 Å². The Balaban J connectivity index is 0.000000188. The Kier molecular flexibility index (Phi) is 26.9. The van der Waals surface area contributed by atoms with Crippen LogP contribution in [0.5, 0.6) is 17.2 Å². The van der Waals surface area contributed by atoms with Gasteiger partial charge in [-0.05, 0) is 202 Å². The number of benzene rings is 7. The summed E-state index contributed by atoms with van der Waals surface area (Å²) in [5, 5.41) is 17.5. The summed E-state index contributed by atoms with van der Waals surface area (Å²) in [7, 11) is -10.0. The molecular formula is C57H52BBr2Cl4F9N4O13S4. The standard InChI is InChI=1S/C16H13ClF3NO3S.C16H14F3NO3S.C9H9BrClNO2S.C7H6BF3O3.C6H5BrClN.C3H5ClO2S/c17-15-9-11(21-25(22,23)13-5-6-13)4-7-14(15)10-2-1-3-12(8-10)24-16(18,19)20;17-16(18,19)23-14-3-1-2-12(10-14)11-4-6-13(7-5-11)20-24(21,22)15-8-9-15;10-8-4-1-6(5-9(8)11)12-15(13,14)7-2-3-7;9-7(10,11)14-6-3-1-2-5(4-6)8(12)13;7-5-2-1-4(9)3-6(5)8;4-7(5,6)3-1-2-3/h1-4,7-9,13,21H,5-6H2;1-7,10,15,20H,8-9H2;1,4-5,7,12H,2-3H2;1-4,12-13H;1-3H,9H2;3H,1-2H2. The minimum atomic E-state index is -4.78. The van der Waals surface area contributed by atoms with E-state index in [1.54, 1.807) is 72.8 Å². The third kappa shape index (κ3) is 27.5. The Labute approximate surface area is 571 Å². The van der Waals surface area contributed by atoms with Gasteiger partial charge < -0.3 is 30.0 Å². The fraction of sp³-hybridized carbons (Fsp3) is 0.263. The highest BCUT2D eigenvalue weighted by atomic mass is 79.9. The first-order valence-electron chi connectivity index (χ1n) is 27.0. The maximum Gasteiger partial charge on any atom is 0.573 e. The fourth-order valence-corrected chi connectivity index (χ4v) is 14.0. The number of hydrogen-bond acceptors (Lipinski definition) is 14. The molecule has 7 aromatic rings. The molecule has 0 heterocycles. The topological polar surface area (TPSA) is 267 Å². The summed E-state index contributed by atoms with van der Waals surface area (Å²) in [5.41, 5.74) is 9.35. The van der Waals surface area contributed by atoms with Crippen LogP contribution in [0.1, 0.15) is 51.4 Å². The van der Waals surface area contributed by atoms with Crippen LogP contribution < -0.4 is 39.6 Å². The van der Waals surface area contributed by atoms with Gasteiger partial charge in [-0.2, -0.15) is 0 Å². The van der Waals surface area contributed by atoms with Crippen molar-refractivity contribution in [3.05, 3.63) is 176 Å². The van der Waals surface area contributed by atoms with Crippen LogP contribution in [0.4, 0.5) is 62.3 Å². The van der Waals surface area contributed by atoms with E-state index in [1.807, 2.05) is 6.07 Å². The molecule has 0 saturated heterocycles. The predicted molar refractivity (Wildman–Crippen MR) is 352 cm³/mol. The Morgan fingerprint density at radius 2 is 0.798 bits per heavy atom. The zero-order valence-electron chi connectivity index (χ0n) is 47.7. The normalized spacial score (nSPS) is 14.7. The molecule has 4 aliphatic rings. The first-order chi connectivity index (χ1) is 43.5. The maximum atomic E-state index is 12.3. The number of alkyl halides is 9. The molecule has 17 nitrogen and oxygen atoms in total. The molecule has 11 rings (SSSR count). The molecule has 0 radical (unpaired) electrons. The number of ether oxygens (including phenoxy) is 3. The molecule has 7 N–H and O–H groups in total. The summed E-state index contributed by atoms with van der Waals surface area (Å²) in [4.78, 5) is 0. The second-order valence-electron chi connectivity index (χ2n) is 20.4. The lowest BCUT2D eigenvalue weighted by atomic mass is 9.80. The Bertz CT molecular complexity index is 4220. The van der Waals surface area contributed by atoms with E-state index in [-0.39, 0.29) is 43.0 Å². The van der Waals surface area contributed by atoms with Crippen molar-refractivity contribution in [1.82, 2.24) is 0 Å². The minimum Gasteiger partial charge on any atom is -0.423 e. The summed E-state index contributed by atoms with van der Waals surface area (Å²) in [6.07, 6.45) is -8.70. The van der Waals surface area contributed by atoms with E-state index in [9.17, 15) is 73.2 Å². The van der Waals surface area contributed by atoms with E-state index < -0.39 is 71.1 Å². The first-order valence-corrected chi connectivity index (χ1v) is 36.8. The van der Waals surface area contributed by atoms with Crippen molar-refractivity contribution in [2.75, 3.05) is 19.9 Å². The Morgan fingerprint density at radius 1 is 0.436 bits per heavy atom. The average molecular weight is 1610 g/mol. The lowest BCUT2D eigenvalue weighted by Gasteiger charge is -2.12. The number of rotatable bonds is 16. The van der Waals surface area contributed by atoms with Gasteiger partial charge in [0, 0.05) is 42.3 Å². The van der Waals surface area contributed by atoms with Gasteiger partial charge in [0.2, 0.25) is 39.1 Å². The lowest BCUT2D eigenvalue weighted by molar-refractivity contribution is -0.275. The van der Waals surface area contributed by atoms with Crippen molar-refractivity contribution in [2.24, 2.45) is 0 Å². The molecule has 4 aliphatic carbocycles. The number of sulfonamides is 3. The molecule has 7 aromatic carbocycles. The van der Waals surface area contributed by atoms with Crippen LogP contribution in [0.25, 0.3) is 22.3 Å². The van der Waals surface area contributed by atoms with Crippen molar-refractivity contribution in [2.45, 2.75) is 91.5 Å². The number of nitrogen functional groups attached to an aromatic ring is 1. The Morgan fingerprint density at radius 3 is 1.17 bits per heavy atom. The van der Waals surface area contributed by atoms with Crippen LogP contribution in [-0.2, 0) is 39.1 Å². The summed E-state index contributed by atoms with van der Waals surface area (Å²) in [6.45, 7) is 0. The van der Waals surface area contributed by atoms with Gasteiger partial charge in [-0.1, -0.05) is 89.4 Å². The molecule has 0 spiro atoms. The van der Waals surface area contributed by atoms with Crippen molar-refractivity contribution in [3.63, 3.8) is 0 Å².